The lowest BCUT2D eigenvalue weighted by molar-refractivity contribution is 0.0916. The summed E-state index contributed by atoms with van der Waals surface area (Å²) in [4.78, 5) is 29.3. The summed E-state index contributed by atoms with van der Waals surface area (Å²) in [6.45, 7) is 3.98. The Bertz CT molecular complexity index is 988. The smallest absolute Gasteiger partial charge is 0.274 e. The van der Waals surface area contributed by atoms with Crippen molar-refractivity contribution in [3.8, 4) is 0 Å². The molecular weight excluding hydrogens is 320 g/mol. The predicted molar refractivity (Wildman–Crippen MR) is 93.0 cm³/mol. The molecule has 0 saturated heterocycles. The standard InChI is InChI=1S/C17H20N6O2/c1-10(2)13(15-18-9-19-22(15)3)20-16(24)14-11-7-5-6-8-12(11)17(25)23(4)21-14/h5-10,13H,1-4H3,(H,20,24)/t13-/m1/s1. The van der Waals surface area contributed by atoms with Gasteiger partial charge < -0.3 is 5.32 Å². The Hall–Kier alpha value is -3.03. The minimum absolute atomic E-state index is 0.102. The monoisotopic (exact) mass is 340 g/mol. The summed E-state index contributed by atoms with van der Waals surface area (Å²) in [6, 6.07) is 6.65. The molecule has 0 spiro atoms. The summed E-state index contributed by atoms with van der Waals surface area (Å²) in [5, 5.41) is 12.2. The molecule has 0 fully saturated rings. The predicted octanol–water partition coefficient (Wildman–Crippen LogP) is 1.19. The van der Waals surface area contributed by atoms with E-state index in [4.69, 9.17) is 0 Å². The summed E-state index contributed by atoms with van der Waals surface area (Å²) < 4.78 is 2.82. The number of hydrogen-bond donors (Lipinski definition) is 1. The second kappa shape index (κ2) is 6.46. The van der Waals surface area contributed by atoms with Gasteiger partial charge in [0.05, 0.1) is 11.4 Å². The van der Waals surface area contributed by atoms with Crippen LogP contribution in [0.25, 0.3) is 10.8 Å². The van der Waals surface area contributed by atoms with Crippen molar-refractivity contribution in [3.05, 3.63) is 52.5 Å². The average Bonchev–Trinajstić information content (AvgIpc) is 3.01. The third-order valence-corrected chi connectivity index (χ3v) is 4.15. The normalized spacial score (nSPS) is 12.5. The van der Waals surface area contributed by atoms with E-state index in [0.717, 1.165) is 0 Å². The van der Waals surface area contributed by atoms with Crippen LogP contribution in [0.5, 0.6) is 0 Å². The number of aromatic nitrogens is 5. The third kappa shape index (κ3) is 3.02. The van der Waals surface area contributed by atoms with Gasteiger partial charge in [0.15, 0.2) is 5.69 Å². The maximum Gasteiger partial charge on any atom is 0.274 e. The van der Waals surface area contributed by atoms with Crippen LogP contribution in [0.15, 0.2) is 35.4 Å². The lowest BCUT2D eigenvalue weighted by atomic mass is 10.0. The van der Waals surface area contributed by atoms with E-state index in [-0.39, 0.29) is 29.1 Å². The molecule has 2 aromatic heterocycles. The number of carbonyl (C=O) groups is 1. The molecule has 1 aromatic carbocycles. The molecule has 0 bridgehead atoms. The van der Waals surface area contributed by atoms with Gasteiger partial charge in [0.1, 0.15) is 12.2 Å². The van der Waals surface area contributed by atoms with Crippen LogP contribution in [-0.2, 0) is 14.1 Å². The molecule has 8 heteroatoms. The fraction of sp³-hybridized carbons (Fsp3) is 0.353. The van der Waals surface area contributed by atoms with Crippen LogP contribution < -0.4 is 10.9 Å². The number of fused-ring (bicyclic) bond motifs is 1. The van der Waals surface area contributed by atoms with Crippen LogP contribution in [0.4, 0.5) is 0 Å². The first-order chi connectivity index (χ1) is 11.9. The number of benzene rings is 1. The van der Waals surface area contributed by atoms with E-state index in [9.17, 15) is 9.59 Å². The molecule has 1 atom stereocenters. The number of hydrogen-bond acceptors (Lipinski definition) is 5. The first-order valence-corrected chi connectivity index (χ1v) is 8.01. The number of amides is 1. The summed E-state index contributed by atoms with van der Waals surface area (Å²) in [7, 11) is 3.32. The van der Waals surface area contributed by atoms with Gasteiger partial charge in [-0.05, 0) is 12.0 Å². The fourth-order valence-corrected chi connectivity index (χ4v) is 2.79. The Balaban J connectivity index is 2.04. The Morgan fingerprint density at radius 3 is 2.40 bits per heavy atom. The highest BCUT2D eigenvalue weighted by molar-refractivity contribution is 6.04. The van der Waals surface area contributed by atoms with Crippen LogP contribution in [0.2, 0.25) is 0 Å². The van der Waals surface area contributed by atoms with Gasteiger partial charge in [0.2, 0.25) is 0 Å². The maximum absolute atomic E-state index is 12.9. The van der Waals surface area contributed by atoms with Crippen LogP contribution in [0.1, 0.15) is 36.2 Å². The first kappa shape index (κ1) is 16.8. The molecule has 0 radical (unpaired) electrons. The van der Waals surface area contributed by atoms with Gasteiger partial charge in [-0.25, -0.2) is 9.67 Å². The molecule has 3 rings (SSSR count). The second-order valence-electron chi connectivity index (χ2n) is 6.26. The zero-order valence-corrected chi connectivity index (χ0v) is 14.6. The topological polar surface area (TPSA) is 94.7 Å². The van der Waals surface area contributed by atoms with Gasteiger partial charge in [-0.1, -0.05) is 32.0 Å². The van der Waals surface area contributed by atoms with Crippen molar-refractivity contribution in [1.29, 1.82) is 0 Å². The quantitative estimate of drug-likeness (QED) is 0.770. The maximum atomic E-state index is 12.9. The SMILES string of the molecule is CC(C)[C@@H](NC(=O)c1nn(C)c(=O)c2ccccc12)c1ncnn1C. The molecule has 0 aliphatic heterocycles. The fourth-order valence-electron chi connectivity index (χ4n) is 2.79. The Labute approximate surface area is 144 Å². The first-order valence-electron chi connectivity index (χ1n) is 8.01. The van der Waals surface area contributed by atoms with Gasteiger partial charge in [-0.15, -0.1) is 0 Å². The van der Waals surface area contributed by atoms with E-state index < -0.39 is 0 Å². The molecule has 2 heterocycles. The molecular formula is C17H20N6O2. The lowest BCUT2D eigenvalue weighted by Crippen LogP contribution is -2.35. The number of carbonyl (C=O) groups excluding carboxylic acids is 1. The zero-order valence-electron chi connectivity index (χ0n) is 14.6. The molecule has 25 heavy (non-hydrogen) atoms. The van der Waals surface area contributed by atoms with Crippen molar-refractivity contribution < 1.29 is 4.79 Å². The van der Waals surface area contributed by atoms with E-state index in [1.807, 2.05) is 13.8 Å². The molecule has 1 amide bonds. The second-order valence-corrected chi connectivity index (χ2v) is 6.26. The zero-order chi connectivity index (χ0) is 18.1. The van der Waals surface area contributed by atoms with Crippen LogP contribution in [0.3, 0.4) is 0 Å². The Kier molecular flexibility index (Phi) is 4.35. The van der Waals surface area contributed by atoms with Crippen LogP contribution in [0, 0.1) is 5.92 Å². The van der Waals surface area contributed by atoms with E-state index >= 15 is 0 Å². The number of aryl methyl sites for hydroxylation is 2. The van der Waals surface area contributed by atoms with Crippen molar-refractivity contribution in [1.82, 2.24) is 29.9 Å². The molecule has 3 aromatic rings. The molecule has 8 nitrogen and oxygen atoms in total. The minimum Gasteiger partial charge on any atom is -0.340 e. The molecule has 0 aliphatic carbocycles. The summed E-state index contributed by atoms with van der Waals surface area (Å²) in [5.74, 6) is 0.414. The Morgan fingerprint density at radius 2 is 1.80 bits per heavy atom. The highest BCUT2D eigenvalue weighted by Crippen LogP contribution is 2.20. The van der Waals surface area contributed by atoms with E-state index in [1.165, 1.54) is 18.1 Å². The largest absolute Gasteiger partial charge is 0.340 e. The van der Waals surface area contributed by atoms with Crippen molar-refractivity contribution in [2.24, 2.45) is 20.0 Å². The van der Waals surface area contributed by atoms with Crippen molar-refractivity contribution >= 4 is 16.7 Å². The molecule has 0 unspecified atom stereocenters. The lowest BCUT2D eigenvalue weighted by Gasteiger charge is -2.21. The van der Waals surface area contributed by atoms with E-state index in [1.54, 1.807) is 36.0 Å². The third-order valence-electron chi connectivity index (χ3n) is 4.15. The minimum atomic E-state index is -0.353. The van der Waals surface area contributed by atoms with Gasteiger partial charge >= 0.3 is 0 Å². The van der Waals surface area contributed by atoms with E-state index in [0.29, 0.717) is 16.6 Å². The number of nitrogens with one attached hydrogen (secondary N) is 1. The highest BCUT2D eigenvalue weighted by Gasteiger charge is 2.25. The van der Waals surface area contributed by atoms with Crippen molar-refractivity contribution in [2.75, 3.05) is 0 Å². The molecule has 0 aliphatic rings. The molecule has 1 N–H and O–H groups in total. The van der Waals surface area contributed by atoms with Gasteiger partial charge in [-0.2, -0.15) is 10.2 Å². The van der Waals surface area contributed by atoms with Crippen molar-refractivity contribution in [2.45, 2.75) is 19.9 Å². The van der Waals surface area contributed by atoms with Crippen LogP contribution in [-0.4, -0.2) is 30.5 Å². The molecule has 0 saturated carbocycles. The molecule has 130 valence electrons. The van der Waals surface area contributed by atoms with E-state index in [2.05, 4.69) is 20.5 Å². The summed E-state index contributed by atoms with van der Waals surface area (Å²) in [6.07, 6.45) is 1.46. The number of nitrogens with zero attached hydrogens (tertiary/aromatic N) is 5. The summed E-state index contributed by atoms with van der Waals surface area (Å²) >= 11 is 0. The average molecular weight is 340 g/mol. The van der Waals surface area contributed by atoms with Gasteiger partial charge in [0, 0.05) is 19.5 Å². The highest BCUT2D eigenvalue weighted by atomic mass is 16.2. The summed E-state index contributed by atoms with van der Waals surface area (Å²) in [5.41, 5.74) is -0.0219. The van der Waals surface area contributed by atoms with Gasteiger partial charge in [0.25, 0.3) is 11.5 Å². The van der Waals surface area contributed by atoms with Gasteiger partial charge in [-0.3, -0.25) is 14.3 Å². The Morgan fingerprint density at radius 1 is 1.12 bits per heavy atom. The number of rotatable bonds is 4. The van der Waals surface area contributed by atoms with Crippen LogP contribution >= 0.6 is 0 Å². The van der Waals surface area contributed by atoms with Crippen molar-refractivity contribution in [3.63, 3.8) is 0 Å².